The minimum absolute atomic E-state index is 0.238. The topological polar surface area (TPSA) is 83.5 Å². The summed E-state index contributed by atoms with van der Waals surface area (Å²) in [6.07, 6.45) is 1.78. The third-order valence-electron chi connectivity index (χ3n) is 2.84. The summed E-state index contributed by atoms with van der Waals surface area (Å²) in [5.74, 6) is -0.946. The quantitative estimate of drug-likeness (QED) is 0.797. The van der Waals surface area contributed by atoms with Crippen molar-refractivity contribution in [2.24, 2.45) is 0 Å². The number of benzene rings is 1. The molecule has 1 aromatic rings. The van der Waals surface area contributed by atoms with Gasteiger partial charge >= 0.3 is 5.97 Å². The fraction of sp³-hybridized carbons (Fsp3) is 0.364. The van der Waals surface area contributed by atoms with E-state index in [0.717, 1.165) is 11.8 Å². The monoisotopic (exact) mass is 255 g/mol. The van der Waals surface area contributed by atoms with E-state index in [-0.39, 0.29) is 4.90 Å². The number of carboxylic acids is 1. The second-order valence-corrected chi connectivity index (χ2v) is 6.12. The Kier molecular flexibility index (Phi) is 2.92. The number of aliphatic carboxylic acids is 1. The van der Waals surface area contributed by atoms with Crippen LogP contribution in [-0.4, -0.2) is 32.3 Å². The Bertz CT molecular complexity index is 565. The summed E-state index contributed by atoms with van der Waals surface area (Å²) in [4.78, 5) is 11.3. The molecule has 0 aliphatic carbocycles. The summed E-state index contributed by atoms with van der Waals surface area (Å²) in [5, 5.41) is 11.9. The summed E-state index contributed by atoms with van der Waals surface area (Å²) >= 11 is 0. The number of sulfone groups is 1. The number of hydrogen-bond acceptors (Lipinski definition) is 4. The fourth-order valence-electron chi connectivity index (χ4n) is 1.99. The third-order valence-corrected chi connectivity index (χ3v) is 3.95. The van der Waals surface area contributed by atoms with Crippen LogP contribution in [0.3, 0.4) is 0 Å². The van der Waals surface area contributed by atoms with Gasteiger partial charge < -0.3 is 10.4 Å². The van der Waals surface area contributed by atoms with Crippen molar-refractivity contribution in [1.29, 1.82) is 0 Å². The van der Waals surface area contributed by atoms with E-state index < -0.39 is 21.8 Å². The second kappa shape index (κ2) is 4.12. The van der Waals surface area contributed by atoms with Gasteiger partial charge in [0.2, 0.25) is 0 Å². The molecular formula is C11H13NO4S. The smallest absolute Gasteiger partial charge is 0.325 e. The molecule has 0 spiro atoms. The Morgan fingerprint density at radius 1 is 1.47 bits per heavy atom. The molecule has 2 N–H and O–H groups in total. The molecule has 1 atom stereocenters. The van der Waals surface area contributed by atoms with Crippen molar-refractivity contribution in [2.75, 3.05) is 12.8 Å². The van der Waals surface area contributed by atoms with Crippen LogP contribution in [0.2, 0.25) is 0 Å². The molecule has 1 aliphatic heterocycles. The molecule has 0 saturated carbocycles. The highest BCUT2D eigenvalue weighted by molar-refractivity contribution is 7.90. The number of fused-ring (bicyclic) bond motifs is 1. The van der Waals surface area contributed by atoms with E-state index in [2.05, 4.69) is 5.32 Å². The lowest BCUT2D eigenvalue weighted by molar-refractivity contribution is -0.139. The van der Waals surface area contributed by atoms with Gasteiger partial charge in [-0.25, -0.2) is 8.42 Å². The van der Waals surface area contributed by atoms with E-state index in [1.54, 1.807) is 12.1 Å². The van der Waals surface area contributed by atoms with Gasteiger partial charge in [0.1, 0.15) is 6.04 Å². The molecule has 1 heterocycles. The zero-order valence-electron chi connectivity index (χ0n) is 9.30. The molecule has 0 bridgehead atoms. The molecule has 0 aromatic heterocycles. The highest BCUT2D eigenvalue weighted by Gasteiger charge is 2.26. The van der Waals surface area contributed by atoms with Crippen LogP contribution in [0.25, 0.3) is 0 Å². The van der Waals surface area contributed by atoms with Gasteiger partial charge in [0.05, 0.1) is 4.90 Å². The Morgan fingerprint density at radius 3 is 2.76 bits per heavy atom. The van der Waals surface area contributed by atoms with Crippen LogP contribution in [0.1, 0.15) is 17.2 Å². The summed E-state index contributed by atoms with van der Waals surface area (Å²) in [5.41, 5.74) is 1.44. The first-order valence-electron chi connectivity index (χ1n) is 5.18. The maximum atomic E-state index is 11.4. The Balaban J connectivity index is 2.51. The summed E-state index contributed by atoms with van der Waals surface area (Å²) in [6.45, 7) is 0.539. The predicted octanol–water partition coefficient (Wildman–Crippen LogP) is 0.362. The molecule has 1 aromatic carbocycles. The number of rotatable bonds is 2. The number of hydrogen-bond donors (Lipinski definition) is 2. The van der Waals surface area contributed by atoms with Crippen LogP contribution in [0.15, 0.2) is 23.1 Å². The molecule has 1 aliphatic rings. The van der Waals surface area contributed by atoms with Crippen LogP contribution in [0, 0.1) is 0 Å². The van der Waals surface area contributed by atoms with Gasteiger partial charge in [-0.15, -0.1) is 0 Å². The van der Waals surface area contributed by atoms with Crippen molar-refractivity contribution < 1.29 is 18.3 Å². The zero-order chi connectivity index (χ0) is 12.6. The van der Waals surface area contributed by atoms with E-state index in [1.165, 1.54) is 6.07 Å². The number of carboxylic acid groups (broad SMARTS) is 1. The highest BCUT2D eigenvalue weighted by Crippen LogP contribution is 2.25. The van der Waals surface area contributed by atoms with Crippen LogP contribution < -0.4 is 5.32 Å². The van der Waals surface area contributed by atoms with Crippen molar-refractivity contribution >= 4 is 15.8 Å². The molecule has 17 heavy (non-hydrogen) atoms. The first-order chi connectivity index (χ1) is 7.89. The van der Waals surface area contributed by atoms with Crippen LogP contribution >= 0.6 is 0 Å². The maximum Gasteiger partial charge on any atom is 0.325 e. The maximum absolute atomic E-state index is 11.4. The third kappa shape index (κ3) is 2.32. The Morgan fingerprint density at radius 2 is 2.18 bits per heavy atom. The average Bonchev–Trinajstić information content (AvgIpc) is 2.26. The molecular weight excluding hydrogens is 242 g/mol. The van der Waals surface area contributed by atoms with Gasteiger partial charge in [-0.3, -0.25) is 4.79 Å². The molecule has 0 fully saturated rings. The standard InChI is InChI=1S/C11H13NO4S/c1-17(15,16)8-2-3-9-7(6-8)4-5-12-10(9)11(13)14/h2-3,6,10,12H,4-5H2,1H3,(H,13,14). The van der Waals surface area contributed by atoms with Crippen LogP contribution in [0.4, 0.5) is 0 Å². The first-order valence-corrected chi connectivity index (χ1v) is 7.08. The van der Waals surface area contributed by atoms with Gasteiger partial charge in [-0.2, -0.15) is 0 Å². The van der Waals surface area contributed by atoms with E-state index in [4.69, 9.17) is 5.11 Å². The van der Waals surface area contributed by atoms with Crippen LogP contribution in [-0.2, 0) is 21.1 Å². The molecule has 5 nitrogen and oxygen atoms in total. The first kappa shape index (κ1) is 12.1. The van der Waals surface area contributed by atoms with E-state index in [1.807, 2.05) is 0 Å². The molecule has 0 saturated heterocycles. The van der Waals surface area contributed by atoms with E-state index in [9.17, 15) is 13.2 Å². The van der Waals surface area contributed by atoms with E-state index in [0.29, 0.717) is 18.5 Å². The molecule has 6 heteroatoms. The van der Waals surface area contributed by atoms with Crippen LogP contribution in [0.5, 0.6) is 0 Å². The Labute approximate surface area is 99.4 Å². The molecule has 92 valence electrons. The van der Waals surface area contributed by atoms with Crippen molar-refractivity contribution in [3.05, 3.63) is 29.3 Å². The second-order valence-electron chi connectivity index (χ2n) is 4.11. The average molecular weight is 255 g/mol. The van der Waals surface area contributed by atoms with Gasteiger partial charge in [-0.1, -0.05) is 6.07 Å². The lowest BCUT2D eigenvalue weighted by atomic mass is 9.94. The largest absolute Gasteiger partial charge is 0.480 e. The van der Waals surface area contributed by atoms with Crippen molar-refractivity contribution in [3.8, 4) is 0 Å². The highest BCUT2D eigenvalue weighted by atomic mass is 32.2. The van der Waals surface area contributed by atoms with E-state index >= 15 is 0 Å². The van der Waals surface area contributed by atoms with Gasteiger partial charge in [-0.05, 0) is 29.7 Å². The van der Waals surface area contributed by atoms with Gasteiger partial charge in [0.25, 0.3) is 0 Å². The Hall–Kier alpha value is -1.40. The summed E-state index contributed by atoms with van der Waals surface area (Å²) in [7, 11) is -3.24. The fourth-order valence-corrected chi connectivity index (χ4v) is 2.66. The number of nitrogens with one attached hydrogen (secondary N) is 1. The summed E-state index contributed by atoms with van der Waals surface area (Å²) in [6, 6.07) is 3.86. The minimum atomic E-state index is -3.24. The van der Waals surface area contributed by atoms with Gasteiger partial charge in [0.15, 0.2) is 9.84 Å². The lowest BCUT2D eigenvalue weighted by Crippen LogP contribution is -2.35. The van der Waals surface area contributed by atoms with Crippen molar-refractivity contribution in [2.45, 2.75) is 17.4 Å². The SMILES string of the molecule is CS(=O)(=O)c1ccc2c(c1)CCNC2C(=O)O. The summed E-state index contributed by atoms with van der Waals surface area (Å²) < 4.78 is 22.8. The van der Waals surface area contributed by atoms with Gasteiger partial charge in [0, 0.05) is 12.8 Å². The minimum Gasteiger partial charge on any atom is -0.480 e. The zero-order valence-corrected chi connectivity index (χ0v) is 10.1. The lowest BCUT2D eigenvalue weighted by Gasteiger charge is -2.24. The molecule has 0 radical (unpaired) electrons. The van der Waals surface area contributed by atoms with Crippen molar-refractivity contribution in [3.63, 3.8) is 0 Å². The molecule has 0 amide bonds. The number of carbonyl (C=O) groups is 1. The van der Waals surface area contributed by atoms with Crippen molar-refractivity contribution in [1.82, 2.24) is 5.32 Å². The molecule has 2 rings (SSSR count). The normalized spacial score (nSPS) is 19.7. The predicted molar refractivity (Wildman–Crippen MR) is 61.6 cm³/mol. The molecule has 1 unspecified atom stereocenters.